The van der Waals surface area contributed by atoms with Gasteiger partial charge in [0.05, 0.1) is 11.4 Å². The van der Waals surface area contributed by atoms with Crippen molar-refractivity contribution in [2.24, 2.45) is 12.8 Å². The molecule has 1 aromatic heterocycles. The van der Waals surface area contributed by atoms with Gasteiger partial charge in [0.25, 0.3) is 0 Å². The Labute approximate surface area is 114 Å². The van der Waals surface area contributed by atoms with E-state index in [2.05, 4.69) is 31.1 Å². The molecule has 0 saturated carbocycles. The van der Waals surface area contributed by atoms with Crippen LogP contribution in [0.2, 0.25) is 0 Å². The standard InChI is InChI=1S/C15H21N3O/c1-4-13-8-14(18(3)17-13)10-19-15-6-5-11(2)7-12(15)9-16/h5-8H,4,9-10,16H2,1-3H3. The van der Waals surface area contributed by atoms with Crippen molar-refractivity contribution >= 4 is 0 Å². The van der Waals surface area contributed by atoms with Gasteiger partial charge in [0.15, 0.2) is 0 Å². The summed E-state index contributed by atoms with van der Waals surface area (Å²) in [5.74, 6) is 0.854. The fourth-order valence-corrected chi connectivity index (χ4v) is 2.04. The van der Waals surface area contributed by atoms with Gasteiger partial charge in [0.2, 0.25) is 0 Å². The minimum Gasteiger partial charge on any atom is -0.487 e. The van der Waals surface area contributed by atoms with Crippen molar-refractivity contribution in [2.75, 3.05) is 0 Å². The Morgan fingerprint density at radius 2 is 2.11 bits per heavy atom. The van der Waals surface area contributed by atoms with E-state index < -0.39 is 0 Å². The van der Waals surface area contributed by atoms with Crippen LogP contribution >= 0.6 is 0 Å². The molecule has 2 aromatic rings. The zero-order valence-electron chi connectivity index (χ0n) is 11.8. The monoisotopic (exact) mass is 259 g/mol. The maximum absolute atomic E-state index is 5.87. The number of nitrogens with zero attached hydrogens (tertiary/aromatic N) is 2. The lowest BCUT2D eigenvalue weighted by molar-refractivity contribution is 0.292. The number of aromatic nitrogens is 2. The van der Waals surface area contributed by atoms with Gasteiger partial charge in [0.1, 0.15) is 12.4 Å². The van der Waals surface area contributed by atoms with Gasteiger partial charge in [-0.15, -0.1) is 0 Å². The molecule has 4 heteroatoms. The molecule has 0 radical (unpaired) electrons. The summed E-state index contributed by atoms with van der Waals surface area (Å²) in [6.45, 7) is 5.15. The summed E-state index contributed by atoms with van der Waals surface area (Å²) in [6.07, 6.45) is 0.937. The van der Waals surface area contributed by atoms with Crippen LogP contribution in [-0.2, 0) is 26.6 Å². The van der Waals surface area contributed by atoms with Crippen molar-refractivity contribution in [3.8, 4) is 5.75 Å². The summed E-state index contributed by atoms with van der Waals surface area (Å²) in [5, 5.41) is 4.41. The predicted molar refractivity (Wildman–Crippen MR) is 76.0 cm³/mol. The van der Waals surface area contributed by atoms with Gasteiger partial charge in [-0.3, -0.25) is 4.68 Å². The van der Waals surface area contributed by atoms with Crippen molar-refractivity contribution in [2.45, 2.75) is 33.4 Å². The normalized spacial score (nSPS) is 10.7. The van der Waals surface area contributed by atoms with Crippen LogP contribution in [0.5, 0.6) is 5.75 Å². The Hall–Kier alpha value is -1.81. The summed E-state index contributed by atoms with van der Waals surface area (Å²) >= 11 is 0. The molecule has 2 rings (SSSR count). The fourth-order valence-electron chi connectivity index (χ4n) is 2.04. The van der Waals surface area contributed by atoms with E-state index in [-0.39, 0.29) is 0 Å². The van der Waals surface area contributed by atoms with Crippen LogP contribution in [0.1, 0.15) is 29.4 Å². The minimum absolute atomic E-state index is 0.489. The maximum Gasteiger partial charge on any atom is 0.130 e. The highest BCUT2D eigenvalue weighted by Gasteiger charge is 2.07. The van der Waals surface area contributed by atoms with E-state index in [9.17, 15) is 0 Å². The third-order valence-corrected chi connectivity index (χ3v) is 3.20. The lowest BCUT2D eigenvalue weighted by atomic mass is 10.1. The average molecular weight is 259 g/mol. The number of ether oxygens (including phenoxy) is 1. The van der Waals surface area contributed by atoms with Crippen molar-refractivity contribution in [1.29, 1.82) is 0 Å². The molecule has 0 fully saturated rings. The van der Waals surface area contributed by atoms with Gasteiger partial charge in [-0.25, -0.2) is 0 Å². The number of hydrogen-bond acceptors (Lipinski definition) is 3. The molecule has 1 aromatic carbocycles. The van der Waals surface area contributed by atoms with Crippen LogP contribution in [-0.4, -0.2) is 9.78 Å². The first-order valence-electron chi connectivity index (χ1n) is 6.58. The second-order valence-corrected chi connectivity index (χ2v) is 4.71. The predicted octanol–water partition coefficient (Wildman–Crippen LogP) is 2.33. The first-order chi connectivity index (χ1) is 9.13. The fraction of sp³-hybridized carbons (Fsp3) is 0.400. The van der Waals surface area contributed by atoms with Crippen molar-refractivity contribution in [3.63, 3.8) is 0 Å². The molecule has 4 nitrogen and oxygen atoms in total. The molecule has 0 spiro atoms. The van der Waals surface area contributed by atoms with E-state index in [4.69, 9.17) is 10.5 Å². The first kappa shape index (κ1) is 13.6. The van der Waals surface area contributed by atoms with Crippen LogP contribution in [0, 0.1) is 6.92 Å². The molecule has 0 aliphatic rings. The number of rotatable bonds is 5. The Balaban J connectivity index is 2.11. The van der Waals surface area contributed by atoms with Crippen molar-refractivity contribution < 1.29 is 4.74 Å². The molecule has 0 bridgehead atoms. The molecule has 1 heterocycles. The highest BCUT2D eigenvalue weighted by Crippen LogP contribution is 2.20. The zero-order valence-corrected chi connectivity index (χ0v) is 11.8. The number of aryl methyl sites for hydroxylation is 3. The Kier molecular flexibility index (Phi) is 4.22. The van der Waals surface area contributed by atoms with Crippen LogP contribution < -0.4 is 10.5 Å². The third-order valence-electron chi connectivity index (χ3n) is 3.20. The number of nitrogens with two attached hydrogens (primary N) is 1. The third kappa shape index (κ3) is 3.15. The highest BCUT2D eigenvalue weighted by atomic mass is 16.5. The molecular weight excluding hydrogens is 238 g/mol. The first-order valence-corrected chi connectivity index (χ1v) is 6.58. The van der Waals surface area contributed by atoms with Crippen LogP contribution in [0.25, 0.3) is 0 Å². The summed E-state index contributed by atoms with van der Waals surface area (Å²) in [5.41, 5.74) is 10.1. The Morgan fingerprint density at radius 1 is 1.32 bits per heavy atom. The highest BCUT2D eigenvalue weighted by molar-refractivity contribution is 5.36. The van der Waals surface area contributed by atoms with Crippen LogP contribution in [0.4, 0.5) is 0 Å². The molecule has 0 aliphatic carbocycles. The van der Waals surface area contributed by atoms with Crippen molar-refractivity contribution in [1.82, 2.24) is 9.78 Å². The molecule has 0 atom stereocenters. The molecule has 0 aliphatic heterocycles. The van der Waals surface area contributed by atoms with Gasteiger partial charge in [-0.05, 0) is 25.5 Å². The minimum atomic E-state index is 0.489. The van der Waals surface area contributed by atoms with Gasteiger partial charge >= 0.3 is 0 Å². The number of benzene rings is 1. The lowest BCUT2D eigenvalue weighted by Gasteiger charge is -2.11. The smallest absolute Gasteiger partial charge is 0.130 e. The van der Waals surface area contributed by atoms with E-state index >= 15 is 0 Å². The van der Waals surface area contributed by atoms with E-state index in [1.165, 1.54) is 5.56 Å². The van der Waals surface area contributed by atoms with E-state index in [1.54, 1.807) is 0 Å². The lowest BCUT2D eigenvalue weighted by Crippen LogP contribution is -2.06. The summed E-state index contributed by atoms with van der Waals surface area (Å²) in [4.78, 5) is 0. The molecule has 19 heavy (non-hydrogen) atoms. The van der Waals surface area contributed by atoms with E-state index in [0.717, 1.165) is 29.1 Å². The Bertz CT molecular complexity index is 561. The van der Waals surface area contributed by atoms with Gasteiger partial charge in [0, 0.05) is 19.2 Å². The van der Waals surface area contributed by atoms with Gasteiger partial charge < -0.3 is 10.5 Å². The largest absolute Gasteiger partial charge is 0.487 e. The molecule has 2 N–H and O–H groups in total. The van der Waals surface area contributed by atoms with Crippen molar-refractivity contribution in [3.05, 3.63) is 46.8 Å². The SMILES string of the molecule is CCc1cc(COc2ccc(C)cc2CN)n(C)n1. The Morgan fingerprint density at radius 3 is 2.74 bits per heavy atom. The molecule has 0 unspecified atom stereocenters. The maximum atomic E-state index is 5.87. The van der Waals surface area contributed by atoms with Gasteiger partial charge in [-0.1, -0.05) is 24.6 Å². The summed E-state index contributed by atoms with van der Waals surface area (Å²) in [7, 11) is 1.94. The van der Waals surface area contributed by atoms with Crippen LogP contribution in [0.3, 0.4) is 0 Å². The quantitative estimate of drug-likeness (QED) is 0.896. The zero-order chi connectivity index (χ0) is 13.8. The second-order valence-electron chi connectivity index (χ2n) is 4.71. The summed E-state index contributed by atoms with van der Waals surface area (Å²) < 4.78 is 7.74. The van der Waals surface area contributed by atoms with Crippen LogP contribution in [0.15, 0.2) is 24.3 Å². The molecule has 0 saturated heterocycles. The molecular formula is C15H21N3O. The molecule has 102 valence electrons. The average Bonchev–Trinajstić information content (AvgIpc) is 2.78. The van der Waals surface area contributed by atoms with Gasteiger partial charge in [-0.2, -0.15) is 5.10 Å². The molecule has 0 amide bonds. The van der Waals surface area contributed by atoms with E-state index in [0.29, 0.717) is 13.2 Å². The second kappa shape index (κ2) is 5.89. The number of hydrogen-bond donors (Lipinski definition) is 1. The topological polar surface area (TPSA) is 53.1 Å². The van der Waals surface area contributed by atoms with E-state index in [1.807, 2.05) is 23.9 Å². The summed E-state index contributed by atoms with van der Waals surface area (Å²) in [6, 6.07) is 8.16.